The Labute approximate surface area is 191 Å². The van der Waals surface area contributed by atoms with Crippen molar-refractivity contribution < 1.29 is 9.50 Å². The van der Waals surface area contributed by atoms with Crippen LogP contribution in [0.5, 0.6) is 5.75 Å². The molecule has 174 valence electrons. The van der Waals surface area contributed by atoms with Crippen molar-refractivity contribution >= 4 is 5.95 Å². The van der Waals surface area contributed by atoms with Gasteiger partial charge in [-0.3, -0.25) is 4.79 Å². The standard InChI is InChI=1S/C23H28FN7O2/c1-22(2)10-16(20(24)23(3,4)30-22)27-21-25-11-17(28-29-21)14-7-6-13(8-18(14)32)15-9-19(33)31(5)12-26-15/h6-9,11-12,16,20,30,32H,10H2,1-5H3,(H,25,27,29)/t16-,20-/m0/s1. The van der Waals surface area contributed by atoms with Crippen LogP contribution in [0.15, 0.2) is 41.6 Å². The van der Waals surface area contributed by atoms with Gasteiger partial charge in [0.2, 0.25) is 5.95 Å². The molecule has 10 heteroatoms. The fourth-order valence-electron chi connectivity index (χ4n) is 4.43. The van der Waals surface area contributed by atoms with Crippen molar-refractivity contribution in [1.82, 2.24) is 30.0 Å². The van der Waals surface area contributed by atoms with Gasteiger partial charge in [-0.2, -0.15) is 0 Å². The van der Waals surface area contributed by atoms with E-state index in [1.165, 1.54) is 29.2 Å². The molecule has 4 rings (SSSR count). The monoisotopic (exact) mass is 453 g/mol. The number of aromatic nitrogens is 5. The molecule has 2 atom stereocenters. The summed E-state index contributed by atoms with van der Waals surface area (Å²) in [6.07, 6.45) is 2.32. The van der Waals surface area contributed by atoms with E-state index in [-0.39, 0.29) is 22.8 Å². The van der Waals surface area contributed by atoms with Crippen LogP contribution in [-0.2, 0) is 7.05 Å². The number of phenolic OH excluding ortho intramolecular Hbond substituents is 1. The molecule has 0 unspecified atom stereocenters. The Kier molecular flexibility index (Phi) is 5.65. The molecule has 3 aromatic rings. The number of hydrogen-bond donors (Lipinski definition) is 3. The lowest BCUT2D eigenvalue weighted by Gasteiger charge is -2.48. The highest BCUT2D eigenvalue weighted by Gasteiger charge is 2.46. The van der Waals surface area contributed by atoms with E-state index in [9.17, 15) is 9.90 Å². The minimum absolute atomic E-state index is 0.0440. The molecule has 9 nitrogen and oxygen atoms in total. The minimum Gasteiger partial charge on any atom is -0.507 e. The third kappa shape index (κ3) is 4.70. The first-order chi connectivity index (χ1) is 15.4. The molecule has 1 aromatic carbocycles. The number of halogens is 1. The van der Waals surface area contributed by atoms with Gasteiger partial charge in [-0.05, 0) is 46.2 Å². The lowest BCUT2D eigenvalue weighted by Crippen LogP contribution is -2.67. The Balaban J connectivity index is 1.53. The molecule has 2 aromatic heterocycles. The van der Waals surface area contributed by atoms with Crippen LogP contribution in [0.3, 0.4) is 0 Å². The average Bonchev–Trinajstić information content (AvgIpc) is 2.73. The molecule has 0 aliphatic carbocycles. The molecule has 1 aliphatic rings. The smallest absolute Gasteiger partial charge is 0.253 e. The Hall–Kier alpha value is -3.40. The van der Waals surface area contributed by atoms with Crippen molar-refractivity contribution in [2.75, 3.05) is 5.32 Å². The van der Waals surface area contributed by atoms with E-state index in [1.54, 1.807) is 19.2 Å². The zero-order chi connectivity index (χ0) is 24.0. The van der Waals surface area contributed by atoms with Crippen LogP contribution in [0.25, 0.3) is 22.5 Å². The van der Waals surface area contributed by atoms with Crippen molar-refractivity contribution in [3.8, 4) is 28.3 Å². The molecular formula is C23H28FN7O2. The summed E-state index contributed by atoms with van der Waals surface area (Å²) in [5.41, 5.74) is 0.708. The quantitative estimate of drug-likeness (QED) is 0.552. The van der Waals surface area contributed by atoms with Crippen LogP contribution in [-0.4, -0.2) is 53.1 Å². The molecular weight excluding hydrogens is 425 g/mol. The predicted octanol–water partition coefficient (Wildman–Crippen LogP) is 2.67. The topological polar surface area (TPSA) is 118 Å². The summed E-state index contributed by atoms with van der Waals surface area (Å²) in [5.74, 6) is 0.179. The Bertz CT molecular complexity index is 1220. The molecule has 1 aliphatic heterocycles. The molecule has 0 spiro atoms. The van der Waals surface area contributed by atoms with E-state index in [4.69, 9.17) is 0 Å². The number of anilines is 1. The molecule has 0 amide bonds. The van der Waals surface area contributed by atoms with E-state index in [0.29, 0.717) is 28.9 Å². The second-order valence-electron chi connectivity index (χ2n) is 9.71. The van der Waals surface area contributed by atoms with Crippen molar-refractivity contribution in [2.24, 2.45) is 7.05 Å². The van der Waals surface area contributed by atoms with Crippen molar-refractivity contribution in [3.05, 3.63) is 47.1 Å². The predicted molar refractivity (Wildman–Crippen MR) is 124 cm³/mol. The van der Waals surface area contributed by atoms with Crippen molar-refractivity contribution in [3.63, 3.8) is 0 Å². The zero-order valence-electron chi connectivity index (χ0n) is 19.3. The van der Waals surface area contributed by atoms with E-state index in [0.717, 1.165) is 0 Å². The largest absolute Gasteiger partial charge is 0.507 e. The summed E-state index contributed by atoms with van der Waals surface area (Å²) in [4.78, 5) is 20.4. The van der Waals surface area contributed by atoms with Gasteiger partial charge in [-0.1, -0.05) is 6.07 Å². The van der Waals surface area contributed by atoms with Crippen LogP contribution >= 0.6 is 0 Å². The van der Waals surface area contributed by atoms with E-state index in [1.807, 2.05) is 27.7 Å². The number of aryl methyl sites for hydroxylation is 1. The fraction of sp³-hybridized carbons (Fsp3) is 0.435. The summed E-state index contributed by atoms with van der Waals surface area (Å²) < 4.78 is 16.4. The van der Waals surface area contributed by atoms with Crippen LogP contribution in [0.4, 0.5) is 10.3 Å². The third-order valence-electron chi connectivity index (χ3n) is 5.86. The summed E-state index contributed by atoms with van der Waals surface area (Å²) in [5, 5.41) is 25.2. The van der Waals surface area contributed by atoms with Crippen molar-refractivity contribution in [2.45, 2.75) is 57.4 Å². The number of phenols is 1. The van der Waals surface area contributed by atoms with Crippen LogP contribution < -0.4 is 16.2 Å². The average molecular weight is 454 g/mol. The highest BCUT2D eigenvalue weighted by Crippen LogP contribution is 2.33. The molecule has 3 N–H and O–H groups in total. The number of rotatable bonds is 4. The summed E-state index contributed by atoms with van der Waals surface area (Å²) in [6.45, 7) is 7.75. The number of piperidine rings is 1. The fourth-order valence-corrected chi connectivity index (χ4v) is 4.43. The zero-order valence-corrected chi connectivity index (χ0v) is 19.3. The van der Waals surface area contributed by atoms with E-state index >= 15 is 4.39 Å². The first kappa shape index (κ1) is 22.8. The lowest BCUT2D eigenvalue weighted by molar-refractivity contribution is 0.0654. The maximum atomic E-state index is 15.0. The number of hydrogen-bond acceptors (Lipinski definition) is 8. The second kappa shape index (κ2) is 8.18. The van der Waals surface area contributed by atoms with Gasteiger partial charge in [0.25, 0.3) is 5.56 Å². The SMILES string of the molecule is Cn1cnc(-c2ccc(-c3cnc(N[C@H]4CC(C)(C)NC(C)(C)[C@H]4F)nn3)c(O)c2)cc1=O. The number of alkyl halides is 1. The lowest BCUT2D eigenvalue weighted by atomic mass is 9.78. The molecule has 1 saturated heterocycles. The Morgan fingerprint density at radius 3 is 2.55 bits per heavy atom. The third-order valence-corrected chi connectivity index (χ3v) is 5.86. The molecule has 33 heavy (non-hydrogen) atoms. The number of aromatic hydroxyl groups is 1. The van der Waals surface area contributed by atoms with E-state index in [2.05, 4.69) is 30.8 Å². The number of nitrogens with zero attached hydrogens (tertiary/aromatic N) is 5. The van der Waals surface area contributed by atoms with Crippen LogP contribution in [0.2, 0.25) is 0 Å². The van der Waals surface area contributed by atoms with Gasteiger partial charge in [-0.25, -0.2) is 14.4 Å². The molecule has 0 radical (unpaired) electrons. The van der Waals surface area contributed by atoms with Gasteiger partial charge in [0.05, 0.1) is 24.3 Å². The number of benzene rings is 1. The molecule has 0 saturated carbocycles. The van der Waals surface area contributed by atoms with Crippen LogP contribution in [0.1, 0.15) is 34.1 Å². The van der Waals surface area contributed by atoms with Crippen molar-refractivity contribution in [1.29, 1.82) is 0 Å². The first-order valence-corrected chi connectivity index (χ1v) is 10.7. The van der Waals surface area contributed by atoms with Gasteiger partial charge in [-0.15, -0.1) is 10.2 Å². The Morgan fingerprint density at radius 2 is 1.91 bits per heavy atom. The van der Waals surface area contributed by atoms with Gasteiger partial charge in [0.15, 0.2) is 0 Å². The summed E-state index contributed by atoms with van der Waals surface area (Å²) in [6, 6.07) is 5.84. The maximum Gasteiger partial charge on any atom is 0.253 e. The maximum absolute atomic E-state index is 15.0. The second-order valence-corrected chi connectivity index (χ2v) is 9.71. The van der Waals surface area contributed by atoms with Gasteiger partial charge in [0, 0.05) is 35.3 Å². The summed E-state index contributed by atoms with van der Waals surface area (Å²) >= 11 is 0. The van der Waals surface area contributed by atoms with Crippen LogP contribution in [0, 0.1) is 0 Å². The first-order valence-electron chi connectivity index (χ1n) is 10.7. The van der Waals surface area contributed by atoms with Gasteiger partial charge >= 0.3 is 0 Å². The normalized spacial score (nSPS) is 21.5. The minimum atomic E-state index is -1.14. The van der Waals surface area contributed by atoms with E-state index < -0.39 is 17.8 Å². The Morgan fingerprint density at radius 1 is 1.15 bits per heavy atom. The molecule has 1 fully saturated rings. The molecule has 0 bridgehead atoms. The van der Waals surface area contributed by atoms with Gasteiger partial charge in [0.1, 0.15) is 17.6 Å². The van der Waals surface area contributed by atoms with Gasteiger partial charge < -0.3 is 20.3 Å². The summed E-state index contributed by atoms with van der Waals surface area (Å²) in [7, 11) is 1.62. The number of nitrogens with one attached hydrogen (secondary N) is 2. The highest BCUT2D eigenvalue weighted by molar-refractivity contribution is 5.72. The molecule has 3 heterocycles. The highest BCUT2D eigenvalue weighted by atomic mass is 19.1.